The summed E-state index contributed by atoms with van der Waals surface area (Å²) in [6, 6.07) is 26.6. The van der Waals surface area contributed by atoms with E-state index in [0.717, 1.165) is 48.3 Å². The average Bonchev–Trinajstić information content (AvgIpc) is 3.88. The van der Waals surface area contributed by atoms with Crippen molar-refractivity contribution in [1.29, 1.82) is 0 Å². The number of benzene rings is 4. The highest BCUT2D eigenvalue weighted by molar-refractivity contribution is 6.15. The average molecular weight is 849 g/mol. The van der Waals surface area contributed by atoms with Crippen LogP contribution in [0, 0.1) is 52.3 Å². The van der Waals surface area contributed by atoms with Gasteiger partial charge in [0.2, 0.25) is 0 Å². The number of rotatable bonds is 11. The van der Waals surface area contributed by atoms with Gasteiger partial charge < -0.3 is 18.9 Å². The third-order valence-corrected chi connectivity index (χ3v) is 17.5. The summed E-state index contributed by atoms with van der Waals surface area (Å²) >= 11 is 0. The summed E-state index contributed by atoms with van der Waals surface area (Å²) in [4.78, 5) is 48.6. The summed E-state index contributed by atoms with van der Waals surface area (Å²) in [5.41, 5.74) is 3.96. The Hall–Kier alpha value is -5.24. The van der Waals surface area contributed by atoms with Crippen molar-refractivity contribution >= 4 is 23.9 Å². The third kappa shape index (κ3) is 7.11. The van der Waals surface area contributed by atoms with E-state index in [4.69, 9.17) is 18.9 Å². The first-order valence-electron chi connectivity index (χ1n) is 23.6. The lowest BCUT2D eigenvalue weighted by Gasteiger charge is -2.63. The van der Waals surface area contributed by atoms with E-state index < -0.39 is 23.9 Å². The van der Waals surface area contributed by atoms with Crippen LogP contribution in [0.5, 0.6) is 23.0 Å². The molecule has 8 nitrogen and oxygen atoms in total. The lowest BCUT2D eigenvalue weighted by Crippen LogP contribution is -2.55. The fraction of sp³-hybridized carbons (Fsp3) is 0.491. The monoisotopic (exact) mass is 848 g/mol. The van der Waals surface area contributed by atoms with Gasteiger partial charge in [-0.25, -0.2) is 19.2 Å². The fourth-order valence-electron chi connectivity index (χ4n) is 14.2. The van der Waals surface area contributed by atoms with Gasteiger partial charge in [-0.3, -0.25) is 0 Å². The molecule has 4 fully saturated rings. The summed E-state index contributed by atoms with van der Waals surface area (Å²) < 4.78 is 22.1. The van der Waals surface area contributed by atoms with E-state index in [1.54, 1.807) is 36.4 Å². The van der Waals surface area contributed by atoms with Crippen molar-refractivity contribution < 1.29 is 38.1 Å². The zero-order chi connectivity index (χ0) is 43.8. The van der Waals surface area contributed by atoms with Crippen molar-refractivity contribution in [3.63, 3.8) is 0 Å². The Morgan fingerprint density at radius 3 is 1.63 bits per heavy atom. The largest absolute Gasteiger partial charge is 0.457 e. The van der Waals surface area contributed by atoms with Crippen LogP contribution in [0.1, 0.15) is 164 Å². The normalized spacial score (nSPS) is 29.5. The van der Waals surface area contributed by atoms with Gasteiger partial charge in [-0.05, 0) is 182 Å². The maximum atomic E-state index is 12.3. The maximum Gasteiger partial charge on any atom is 0.347 e. The van der Waals surface area contributed by atoms with Crippen LogP contribution in [0.2, 0.25) is 0 Å². The van der Waals surface area contributed by atoms with Gasteiger partial charge in [0, 0.05) is 5.41 Å². The molecule has 0 spiro atoms. The first kappa shape index (κ1) is 41.8. The van der Waals surface area contributed by atoms with Crippen molar-refractivity contribution in [3.05, 3.63) is 118 Å². The summed E-state index contributed by atoms with van der Waals surface area (Å²) in [5.74, 6) is 5.09. The molecular weight excluding hydrogens is 789 g/mol. The van der Waals surface area contributed by atoms with Crippen molar-refractivity contribution in [2.75, 3.05) is 0 Å². The molecule has 6 aliphatic rings. The predicted octanol–water partition coefficient (Wildman–Crippen LogP) is 13.3. The van der Waals surface area contributed by atoms with E-state index in [1.807, 2.05) is 24.3 Å². The second-order valence-corrected chi connectivity index (χ2v) is 21.0. The highest BCUT2D eigenvalue weighted by atomic mass is 16.6. The number of carbonyl (C=O) groups excluding carboxylic acids is 4. The maximum absolute atomic E-state index is 12.3. The smallest absolute Gasteiger partial charge is 0.347 e. The van der Waals surface area contributed by atoms with Crippen molar-refractivity contribution in [2.45, 2.75) is 117 Å². The van der Waals surface area contributed by atoms with Gasteiger partial charge in [-0.15, -0.1) is 0 Å². The molecule has 63 heavy (non-hydrogen) atoms. The third-order valence-electron chi connectivity index (χ3n) is 17.5. The summed E-state index contributed by atoms with van der Waals surface area (Å²) in [6.07, 6.45) is 15.5. The van der Waals surface area contributed by atoms with Gasteiger partial charge in [0.15, 0.2) is 0 Å². The molecule has 4 aromatic rings. The molecule has 4 aliphatic carbocycles. The number of hydrogen-bond acceptors (Lipinski definition) is 8. The van der Waals surface area contributed by atoms with Crippen molar-refractivity contribution in [1.82, 2.24) is 0 Å². The van der Waals surface area contributed by atoms with Gasteiger partial charge in [0.25, 0.3) is 0 Å². The molecule has 10 rings (SSSR count). The molecule has 8 heteroatoms. The van der Waals surface area contributed by atoms with Crippen LogP contribution >= 0.6 is 0 Å². The lowest BCUT2D eigenvalue weighted by molar-refractivity contribution is -0.122. The predicted molar refractivity (Wildman–Crippen MR) is 239 cm³/mol. The fourth-order valence-corrected chi connectivity index (χ4v) is 14.2. The van der Waals surface area contributed by atoms with Crippen LogP contribution in [-0.2, 0) is 14.9 Å². The Labute approximate surface area is 371 Å². The molecule has 0 aromatic heterocycles. The Bertz CT molecular complexity index is 2340. The Balaban J connectivity index is 0.918. The molecule has 4 saturated carbocycles. The molecule has 0 radical (unpaired) electrons. The summed E-state index contributed by atoms with van der Waals surface area (Å²) in [6.45, 7) is 12.6. The molecular formula is C55H60O8. The SMILES string of the molecule is CC(C)CCCC(C)C1CCC2C3CCC4CC(c5ccc(Oc6ccc7c(c6)C(=O)OC7=O)cc5)(c5ccc(Oc6ccc7c(c6)C(=O)OC7=O)cc5)CCC4(C)C3CCC12C. The van der Waals surface area contributed by atoms with E-state index in [-0.39, 0.29) is 33.1 Å². The van der Waals surface area contributed by atoms with Gasteiger partial charge >= 0.3 is 23.9 Å². The van der Waals surface area contributed by atoms with Gasteiger partial charge in [0.1, 0.15) is 23.0 Å². The highest BCUT2D eigenvalue weighted by Gasteiger charge is 2.62. The van der Waals surface area contributed by atoms with Crippen LogP contribution in [0.3, 0.4) is 0 Å². The standard InChI is InChI=1S/C55H60O8/c1-32(2)7-6-8-33(3)46-23-24-47-43-20-13-36-31-55(28-27-53(36,4)48(43)25-26-54(46,47)5,34-9-14-37(15-10-34)60-39-18-21-41-44(29-39)51(58)62-49(41)56)35-11-16-38(17-12-35)61-40-19-22-42-45(30-40)52(59)63-50(42)57/h9-12,14-19,21-22,29-30,32-33,36,43,46-48H,6-8,13,20,23-28,31H2,1-5H3. The first-order chi connectivity index (χ1) is 30.3. The molecule has 8 atom stereocenters. The quantitative estimate of drug-likeness (QED) is 0.109. The molecule has 0 bridgehead atoms. The highest BCUT2D eigenvalue weighted by Crippen LogP contribution is 2.70. The molecule has 0 saturated heterocycles. The minimum atomic E-state index is -0.655. The van der Waals surface area contributed by atoms with Crippen LogP contribution < -0.4 is 9.47 Å². The second kappa shape index (κ2) is 15.8. The van der Waals surface area contributed by atoms with Gasteiger partial charge in [-0.1, -0.05) is 78.1 Å². The number of cyclic esters (lactones) is 4. The molecule has 328 valence electrons. The molecule has 4 aromatic carbocycles. The zero-order valence-corrected chi connectivity index (χ0v) is 37.4. The lowest BCUT2D eigenvalue weighted by atomic mass is 9.42. The number of ether oxygens (including phenoxy) is 4. The number of hydrogen-bond donors (Lipinski definition) is 0. The minimum Gasteiger partial charge on any atom is -0.457 e. The summed E-state index contributed by atoms with van der Waals surface area (Å²) in [7, 11) is 0. The van der Waals surface area contributed by atoms with Crippen LogP contribution in [0.4, 0.5) is 0 Å². The Morgan fingerprint density at radius 2 is 1.08 bits per heavy atom. The van der Waals surface area contributed by atoms with E-state index in [0.29, 0.717) is 34.3 Å². The van der Waals surface area contributed by atoms with Crippen molar-refractivity contribution in [2.24, 2.45) is 52.3 Å². The molecule has 0 amide bonds. The van der Waals surface area contributed by atoms with Crippen LogP contribution in [0.15, 0.2) is 84.9 Å². The molecule has 0 N–H and O–H groups in total. The van der Waals surface area contributed by atoms with E-state index >= 15 is 0 Å². The van der Waals surface area contributed by atoms with Crippen molar-refractivity contribution in [3.8, 4) is 23.0 Å². The molecule has 2 aliphatic heterocycles. The number of esters is 4. The van der Waals surface area contributed by atoms with Gasteiger partial charge in [0.05, 0.1) is 22.3 Å². The zero-order valence-electron chi connectivity index (χ0n) is 37.4. The van der Waals surface area contributed by atoms with E-state index in [9.17, 15) is 19.2 Å². The Morgan fingerprint density at radius 1 is 0.556 bits per heavy atom. The van der Waals surface area contributed by atoms with Gasteiger partial charge in [-0.2, -0.15) is 0 Å². The number of carbonyl (C=O) groups is 4. The topological polar surface area (TPSA) is 105 Å². The summed E-state index contributed by atoms with van der Waals surface area (Å²) in [5, 5.41) is 0. The minimum absolute atomic E-state index is 0.219. The first-order valence-corrected chi connectivity index (χ1v) is 23.6. The second-order valence-electron chi connectivity index (χ2n) is 21.0. The molecule has 8 unspecified atom stereocenters. The van der Waals surface area contributed by atoms with E-state index in [1.165, 1.54) is 75.3 Å². The number of fused-ring (bicyclic) bond motifs is 7. The molecule has 2 heterocycles. The Kier molecular flexibility index (Phi) is 10.5. The van der Waals surface area contributed by atoms with Crippen LogP contribution in [-0.4, -0.2) is 23.9 Å². The van der Waals surface area contributed by atoms with E-state index in [2.05, 4.69) is 58.9 Å². The van der Waals surface area contributed by atoms with Crippen LogP contribution in [0.25, 0.3) is 0 Å².